The molecule has 3 rings (SSSR count). The van der Waals surface area contributed by atoms with Gasteiger partial charge in [-0.1, -0.05) is 42.3 Å². The molecule has 0 spiro atoms. The number of aryl methyl sites for hydroxylation is 1. The van der Waals surface area contributed by atoms with Crippen LogP contribution in [-0.2, 0) is 22.6 Å². The Hall–Kier alpha value is -2.44. The zero-order valence-corrected chi connectivity index (χ0v) is 20.7. The van der Waals surface area contributed by atoms with Gasteiger partial charge in [0.25, 0.3) is 0 Å². The Morgan fingerprint density at radius 3 is 2.36 bits per heavy atom. The van der Waals surface area contributed by atoms with Crippen molar-refractivity contribution < 1.29 is 19.1 Å². The van der Waals surface area contributed by atoms with E-state index < -0.39 is 6.04 Å². The van der Waals surface area contributed by atoms with Gasteiger partial charge in [-0.25, -0.2) is 0 Å². The topological polar surface area (TPSA) is 67.9 Å². The van der Waals surface area contributed by atoms with Crippen LogP contribution in [0.3, 0.4) is 0 Å². The van der Waals surface area contributed by atoms with Crippen LogP contribution in [0.15, 0.2) is 36.4 Å². The van der Waals surface area contributed by atoms with E-state index in [-0.39, 0.29) is 30.8 Å². The van der Waals surface area contributed by atoms with E-state index in [1.54, 1.807) is 17.0 Å². The highest BCUT2D eigenvalue weighted by Gasteiger charge is 2.29. The van der Waals surface area contributed by atoms with Gasteiger partial charge in [-0.2, -0.15) is 0 Å². The molecule has 0 fully saturated rings. The number of hydrogen-bond acceptors (Lipinski definition) is 4. The number of benzene rings is 2. The quantitative estimate of drug-likeness (QED) is 0.532. The van der Waals surface area contributed by atoms with Crippen molar-refractivity contribution in [3.8, 4) is 11.5 Å². The van der Waals surface area contributed by atoms with Gasteiger partial charge in [-0.05, 0) is 62.1 Å². The van der Waals surface area contributed by atoms with Crippen LogP contribution in [-0.4, -0.2) is 42.0 Å². The average Bonchev–Trinajstić information content (AvgIpc) is 2.79. The normalized spacial score (nSPS) is 13.5. The second-order valence-corrected chi connectivity index (χ2v) is 9.15. The summed E-state index contributed by atoms with van der Waals surface area (Å²) in [5, 5.41) is 3.79. The Morgan fingerprint density at radius 1 is 1.00 bits per heavy atom. The molecule has 0 radical (unpaired) electrons. The molecule has 2 aromatic carbocycles. The third kappa shape index (κ3) is 6.78. The Labute approximate surface area is 205 Å². The molecule has 1 atom stereocenters. The van der Waals surface area contributed by atoms with E-state index in [2.05, 4.69) is 5.32 Å². The van der Waals surface area contributed by atoms with E-state index in [9.17, 15) is 9.59 Å². The maximum atomic E-state index is 13.4. The lowest BCUT2D eigenvalue weighted by molar-refractivity contribution is -0.141. The lowest BCUT2D eigenvalue weighted by Crippen LogP contribution is -2.50. The molecule has 0 aliphatic carbocycles. The zero-order chi connectivity index (χ0) is 24.0. The molecule has 2 amide bonds. The third-order valence-corrected chi connectivity index (χ3v) is 6.13. The van der Waals surface area contributed by atoms with Crippen LogP contribution >= 0.6 is 23.2 Å². The lowest BCUT2D eigenvalue weighted by Gasteiger charge is -2.31. The molecule has 2 aromatic rings. The van der Waals surface area contributed by atoms with Crippen LogP contribution in [0.4, 0.5) is 0 Å². The van der Waals surface area contributed by atoms with Crippen molar-refractivity contribution in [2.24, 2.45) is 0 Å². The monoisotopic (exact) mass is 492 g/mol. The first-order chi connectivity index (χ1) is 15.8. The van der Waals surface area contributed by atoms with Gasteiger partial charge in [-0.3, -0.25) is 9.59 Å². The van der Waals surface area contributed by atoms with Crippen LogP contribution in [0.5, 0.6) is 11.5 Å². The van der Waals surface area contributed by atoms with Crippen molar-refractivity contribution in [1.29, 1.82) is 0 Å². The fraction of sp³-hybridized carbons (Fsp3) is 0.440. The largest absolute Gasteiger partial charge is 0.486 e. The molecule has 1 aliphatic heterocycles. The Morgan fingerprint density at radius 2 is 1.70 bits per heavy atom. The maximum Gasteiger partial charge on any atom is 0.243 e. The van der Waals surface area contributed by atoms with Crippen LogP contribution in [0, 0.1) is 0 Å². The van der Waals surface area contributed by atoms with Gasteiger partial charge in [0.2, 0.25) is 11.8 Å². The number of ether oxygens (including phenoxy) is 2. The number of carbonyl (C=O) groups is 2. The second-order valence-electron chi connectivity index (χ2n) is 8.34. The molecule has 6 nitrogen and oxygen atoms in total. The summed E-state index contributed by atoms with van der Waals surface area (Å²) in [6, 6.07) is 10.4. The van der Waals surface area contributed by atoms with E-state index in [4.69, 9.17) is 32.7 Å². The Kier molecular flexibility index (Phi) is 8.87. The second kappa shape index (κ2) is 11.6. The summed E-state index contributed by atoms with van der Waals surface area (Å²) in [6.45, 7) is 7.01. The number of fused-ring (bicyclic) bond motifs is 1. The molecule has 1 N–H and O–H groups in total. The molecule has 8 heteroatoms. The van der Waals surface area contributed by atoms with Gasteiger partial charge in [0.1, 0.15) is 19.3 Å². The number of nitrogens with one attached hydrogen (secondary N) is 1. The van der Waals surface area contributed by atoms with Crippen molar-refractivity contribution in [1.82, 2.24) is 10.2 Å². The van der Waals surface area contributed by atoms with Crippen LogP contribution in [0.25, 0.3) is 0 Å². The van der Waals surface area contributed by atoms with Crippen molar-refractivity contribution >= 4 is 35.0 Å². The third-order valence-electron chi connectivity index (χ3n) is 5.39. The molecule has 178 valence electrons. The Bertz CT molecular complexity index is 996. The molecule has 0 saturated heterocycles. The predicted octanol–water partition coefficient (Wildman–Crippen LogP) is 5.03. The van der Waals surface area contributed by atoms with Crippen LogP contribution in [0.1, 0.15) is 44.7 Å². The maximum absolute atomic E-state index is 13.4. The molecular formula is C25H30Cl2N2O4. The number of carbonyl (C=O) groups excluding carboxylic acids is 2. The molecule has 1 unspecified atom stereocenters. The number of hydrogen-bond donors (Lipinski definition) is 1. The Balaban J connectivity index is 1.78. The molecular weight excluding hydrogens is 463 g/mol. The first-order valence-corrected chi connectivity index (χ1v) is 12.0. The van der Waals surface area contributed by atoms with Gasteiger partial charge in [-0.15, -0.1) is 0 Å². The summed E-state index contributed by atoms with van der Waals surface area (Å²) >= 11 is 12.2. The number of rotatable bonds is 9. The molecule has 0 aromatic heterocycles. The smallest absolute Gasteiger partial charge is 0.243 e. The summed E-state index contributed by atoms with van der Waals surface area (Å²) in [5.41, 5.74) is 1.79. The van der Waals surface area contributed by atoms with Crippen molar-refractivity contribution in [2.45, 2.75) is 58.7 Å². The fourth-order valence-corrected chi connectivity index (χ4v) is 4.09. The van der Waals surface area contributed by atoms with E-state index in [1.165, 1.54) is 0 Å². The van der Waals surface area contributed by atoms with Crippen molar-refractivity contribution in [2.75, 3.05) is 13.2 Å². The van der Waals surface area contributed by atoms with Gasteiger partial charge < -0.3 is 19.7 Å². The summed E-state index contributed by atoms with van der Waals surface area (Å²) < 4.78 is 11.2. The van der Waals surface area contributed by atoms with E-state index in [0.717, 1.165) is 11.1 Å². The van der Waals surface area contributed by atoms with Crippen LogP contribution in [0.2, 0.25) is 10.0 Å². The van der Waals surface area contributed by atoms with Gasteiger partial charge in [0.05, 0.1) is 10.0 Å². The highest BCUT2D eigenvalue weighted by Crippen LogP contribution is 2.31. The minimum absolute atomic E-state index is 0.0220. The fourth-order valence-electron chi connectivity index (χ4n) is 3.77. The van der Waals surface area contributed by atoms with E-state index >= 15 is 0 Å². The number of nitrogens with zero attached hydrogens (tertiary/aromatic N) is 1. The van der Waals surface area contributed by atoms with Gasteiger partial charge in [0.15, 0.2) is 11.5 Å². The van der Waals surface area contributed by atoms with Gasteiger partial charge in [0, 0.05) is 19.0 Å². The highest BCUT2D eigenvalue weighted by atomic mass is 35.5. The number of halogens is 2. The standard InChI is InChI=1S/C25H30Cl2N2O4/c1-4-21(25(31)28-16(2)3)29(15-18-5-8-19(26)20(27)13-18)24(30)10-7-17-6-9-22-23(14-17)33-12-11-32-22/h5-6,8-9,13-14,16,21H,4,7,10-12,15H2,1-3H3,(H,28,31). The summed E-state index contributed by atoms with van der Waals surface area (Å²) in [5.74, 6) is 1.14. The molecule has 0 bridgehead atoms. The SMILES string of the molecule is CCC(C(=O)NC(C)C)N(Cc1ccc(Cl)c(Cl)c1)C(=O)CCc1ccc2c(c1)OCCO2. The minimum atomic E-state index is -0.588. The van der Waals surface area contributed by atoms with Crippen molar-refractivity contribution in [3.05, 3.63) is 57.6 Å². The summed E-state index contributed by atoms with van der Waals surface area (Å²) in [7, 11) is 0. The summed E-state index contributed by atoms with van der Waals surface area (Å²) in [6.07, 6.45) is 1.28. The van der Waals surface area contributed by atoms with E-state index in [0.29, 0.717) is 47.6 Å². The average molecular weight is 493 g/mol. The molecule has 1 aliphatic rings. The lowest BCUT2D eigenvalue weighted by atomic mass is 10.1. The van der Waals surface area contributed by atoms with Crippen molar-refractivity contribution in [3.63, 3.8) is 0 Å². The zero-order valence-electron chi connectivity index (χ0n) is 19.2. The number of amides is 2. The minimum Gasteiger partial charge on any atom is -0.486 e. The molecule has 0 saturated carbocycles. The van der Waals surface area contributed by atoms with Crippen LogP contribution < -0.4 is 14.8 Å². The van der Waals surface area contributed by atoms with Gasteiger partial charge >= 0.3 is 0 Å². The predicted molar refractivity (Wildman–Crippen MR) is 130 cm³/mol. The summed E-state index contributed by atoms with van der Waals surface area (Å²) in [4.78, 5) is 27.9. The van der Waals surface area contributed by atoms with E-state index in [1.807, 2.05) is 45.0 Å². The first kappa shape index (κ1) is 25.2. The molecule has 1 heterocycles. The first-order valence-electron chi connectivity index (χ1n) is 11.2. The highest BCUT2D eigenvalue weighted by molar-refractivity contribution is 6.42. The molecule has 33 heavy (non-hydrogen) atoms.